The molecule has 5 rings (SSSR count). The van der Waals surface area contributed by atoms with Gasteiger partial charge < -0.3 is 15.8 Å². The topological polar surface area (TPSA) is 77.2 Å². The average Bonchev–Trinajstić information content (AvgIpc) is 3.22. The third kappa shape index (κ3) is 4.09. The second-order valence-electron chi connectivity index (χ2n) is 7.61. The first-order valence-electron chi connectivity index (χ1n) is 10.5. The zero-order valence-electron chi connectivity index (χ0n) is 18.2. The summed E-state index contributed by atoms with van der Waals surface area (Å²) in [4.78, 5) is 19.1. The fourth-order valence-corrected chi connectivity index (χ4v) is 4.98. The number of pyridine rings is 1. The summed E-state index contributed by atoms with van der Waals surface area (Å²) in [6, 6.07) is 26.8. The molecule has 0 bridgehead atoms. The molecule has 1 amide bonds. The van der Waals surface area contributed by atoms with Crippen LogP contribution in [-0.4, -0.2) is 18.0 Å². The van der Waals surface area contributed by atoms with Crippen molar-refractivity contribution in [2.24, 2.45) is 0 Å². The number of hydrogen-bond acceptors (Lipinski definition) is 5. The molecule has 0 fully saturated rings. The van der Waals surface area contributed by atoms with E-state index in [1.54, 1.807) is 19.2 Å². The van der Waals surface area contributed by atoms with Crippen molar-refractivity contribution in [1.29, 1.82) is 0 Å². The number of ether oxygens (including phenoxy) is 1. The number of rotatable bonds is 5. The second kappa shape index (κ2) is 9.17. The Kier molecular flexibility index (Phi) is 5.92. The number of benzene rings is 3. The number of carbonyl (C=O) groups excluding carboxylic acids is 1. The van der Waals surface area contributed by atoms with Crippen LogP contribution in [0.5, 0.6) is 5.75 Å². The number of aromatic nitrogens is 1. The molecule has 5 nitrogen and oxygen atoms in total. The summed E-state index contributed by atoms with van der Waals surface area (Å²) in [5.41, 5.74) is 11.1. The number of nitrogens with zero attached hydrogens (tertiary/aromatic N) is 1. The third-order valence-corrected chi connectivity index (χ3v) is 6.93. The lowest BCUT2D eigenvalue weighted by atomic mass is 9.99. The highest BCUT2D eigenvalue weighted by Crippen LogP contribution is 2.42. The molecule has 2 aromatic heterocycles. The van der Waals surface area contributed by atoms with E-state index in [4.69, 9.17) is 27.1 Å². The van der Waals surface area contributed by atoms with Gasteiger partial charge in [-0.3, -0.25) is 4.79 Å². The maximum atomic E-state index is 13.2. The molecule has 3 N–H and O–H groups in total. The Hall–Kier alpha value is -3.87. The van der Waals surface area contributed by atoms with Crippen molar-refractivity contribution in [2.75, 3.05) is 18.2 Å². The molecule has 2 heterocycles. The van der Waals surface area contributed by atoms with Gasteiger partial charge in [-0.2, -0.15) is 0 Å². The van der Waals surface area contributed by atoms with Crippen LogP contribution in [0.1, 0.15) is 9.67 Å². The third-order valence-electron chi connectivity index (χ3n) is 5.50. The molecule has 0 saturated heterocycles. The molecule has 3 aromatic carbocycles. The highest BCUT2D eigenvalue weighted by molar-refractivity contribution is 7.21. The van der Waals surface area contributed by atoms with E-state index in [1.165, 1.54) is 11.3 Å². The molecule has 0 saturated carbocycles. The molecule has 0 radical (unpaired) electrons. The largest absolute Gasteiger partial charge is 0.497 e. The number of anilines is 2. The van der Waals surface area contributed by atoms with E-state index >= 15 is 0 Å². The van der Waals surface area contributed by atoms with Crippen LogP contribution in [0.4, 0.5) is 11.4 Å². The Balaban J connectivity index is 1.67. The van der Waals surface area contributed by atoms with E-state index in [-0.39, 0.29) is 5.91 Å². The van der Waals surface area contributed by atoms with Crippen LogP contribution in [0.15, 0.2) is 84.9 Å². The lowest BCUT2D eigenvalue weighted by Crippen LogP contribution is -2.12. The Morgan fingerprint density at radius 1 is 0.971 bits per heavy atom. The van der Waals surface area contributed by atoms with Crippen LogP contribution in [-0.2, 0) is 0 Å². The van der Waals surface area contributed by atoms with Crippen molar-refractivity contribution in [3.8, 4) is 28.1 Å². The number of amides is 1. The summed E-state index contributed by atoms with van der Waals surface area (Å²) in [7, 11) is 1.63. The van der Waals surface area contributed by atoms with Crippen LogP contribution >= 0.6 is 22.9 Å². The number of thiophene rings is 1. The van der Waals surface area contributed by atoms with Crippen LogP contribution in [0.3, 0.4) is 0 Å². The Bertz CT molecular complexity index is 1500. The molecule has 0 aliphatic carbocycles. The van der Waals surface area contributed by atoms with Crippen molar-refractivity contribution in [2.45, 2.75) is 0 Å². The number of fused-ring (bicyclic) bond motifs is 1. The molecule has 5 aromatic rings. The summed E-state index contributed by atoms with van der Waals surface area (Å²) in [5.74, 6) is 0.436. The minimum atomic E-state index is -0.324. The van der Waals surface area contributed by atoms with Crippen molar-refractivity contribution in [3.05, 3.63) is 94.8 Å². The number of halogens is 1. The molecular weight excluding hydrogens is 466 g/mol. The SMILES string of the molecule is COc1ccc(-c2cc(-c3ccccc3)nc3sc(C(=O)Nc4ccccc4Cl)c(N)c23)cc1. The highest BCUT2D eigenvalue weighted by atomic mass is 35.5. The Labute approximate surface area is 205 Å². The molecule has 0 atom stereocenters. The smallest absolute Gasteiger partial charge is 0.267 e. The quantitative estimate of drug-likeness (QED) is 0.277. The average molecular weight is 486 g/mol. The summed E-state index contributed by atoms with van der Waals surface area (Å²) in [6.45, 7) is 0. The van der Waals surface area contributed by atoms with Crippen molar-refractivity contribution >= 4 is 50.4 Å². The fourth-order valence-electron chi connectivity index (χ4n) is 3.79. The summed E-state index contributed by atoms with van der Waals surface area (Å²) in [5, 5.41) is 4.07. The zero-order valence-corrected chi connectivity index (χ0v) is 19.8. The van der Waals surface area contributed by atoms with E-state index in [9.17, 15) is 4.79 Å². The summed E-state index contributed by atoms with van der Waals surface area (Å²) >= 11 is 7.49. The van der Waals surface area contributed by atoms with Crippen LogP contribution in [0.25, 0.3) is 32.6 Å². The number of nitrogens with two attached hydrogens (primary N) is 1. The van der Waals surface area contributed by atoms with Gasteiger partial charge in [0, 0.05) is 10.9 Å². The van der Waals surface area contributed by atoms with E-state index in [1.807, 2.05) is 72.8 Å². The lowest BCUT2D eigenvalue weighted by Gasteiger charge is -2.10. The number of carbonyl (C=O) groups is 1. The van der Waals surface area contributed by atoms with E-state index in [0.29, 0.717) is 26.1 Å². The van der Waals surface area contributed by atoms with Gasteiger partial charge in [-0.1, -0.05) is 66.2 Å². The van der Waals surface area contributed by atoms with Crippen molar-refractivity contribution in [3.63, 3.8) is 0 Å². The molecule has 0 aliphatic heterocycles. The predicted octanol–water partition coefficient (Wildman–Crippen LogP) is 7.13. The van der Waals surface area contributed by atoms with Crippen LogP contribution in [0, 0.1) is 0 Å². The minimum absolute atomic E-state index is 0.324. The highest BCUT2D eigenvalue weighted by Gasteiger charge is 2.22. The zero-order chi connectivity index (χ0) is 23.7. The first kappa shape index (κ1) is 21.9. The van der Waals surface area contributed by atoms with Crippen molar-refractivity contribution < 1.29 is 9.53 Å². The molecular formula is C27H20ClN3O2S. The first-order valence-corrected chi connectivity index (χ1v) is 11.7. The number of para-hydroxylation sites is 1. The maximum absolute atomic E-state index is 13.2. The van der Waals surface area contributed by atoms with E-state index in [0.717, 1.165) is 33.5 Å². The van der Waals surface area contributed by atoms with Gasteiger partial charge in [0.2, 0.25) is 0 Å². The first-order chi connectivity index (χ1) is 16.5. The summed E-state index contributed by atoms with van der Waals surface area (Å²) in [6.07, 6.45) is 0. The fraction of sp³-hybridized carbons (Fsp3) is 0.0370. The normalized spacial score (nSPS) is 10.9. The molecule has 0 unspecified atom stereocenters. The Morgan fingerprint density at radius 2 is 1.68 bits per heavy atom. The lowest BCUT2D eigenvalue weighted by molar-refractivity contribution is 0.103. The molecule has 7 heteroatoms. The number of nitrogen functional groups attached to an aromatic ring is 1. The second-order valence-corrected chi connectivity index (χ2v) is 9.01. The predicted molar refractivity (Wildman–Crippen MR) is 141 cm³/mol. The monoisotopic (exact) mass is 485 g/mol. The molecule has 0 aliphatic rings. The van der Waals surface area contributed by atoms with Gasteiger partial charge in [0.05, 0.1) is 29.2 Å². The minimum Gasteiger partial charge on any atom is -0.497 e. The van der Waals surface area contributed by atoms with Gasteiger partial charge >= 0.3 is 0 Å². The molecule has 168 valence electrons. The van der Waals surface area contributed by atoms with Crippen molar-refractivity contribution in [1.82, 2.24) is 4.98 Å². The van der Waals surface area contributed by atoms with Gasteiger partial charge in [-0.15, -0.1) is 11.3 Å². The number of nitrogens with one attached hydrogen (secondary N) is 1. The van der Waals surface area contributed by atoms with Gasteiger partial charge in [0.15, 0.2) is 0 Å². The van der Waals surface area contributed by atoms with Crippen LogP contribution < -0.4 is 15.8 Å². The van der Waals surface area contributed by atoms with E-state index < -0.39 is 0 Å². The Morgan fingerprint density at radius 3 is 2.38 bits per heavy atom. The van der Waals surface area contributed by atoms with Crippen LogP contribution in [0.2, 0.25) is 5.02 Å². The molecule has 34 heavy (non-hydrogen) atoms. The van der Waals surface area contributed by atoms with Gasteiger partial charge in [-0.25, -0.2) is 4.98 Å². The van der Waals surface area contributed by atoms with Gasteiger partial charge in [0.1, 0.15) is 15.5 Å². The number of methoxy groups -OCH3 is 1. The summed E-state index contributed by atoms with van der Waals surface area (Å²) < 4.78 is 5.31. The maximum Gasteiger partial charge on any atom is 0.267 e. The standard InChI is InChI=1S/C27H20ClN3O2S/c1-33-18-13-11-16(12-14-18)19-15-22(17-7-3-2-4-8-17)31-27-23(19)24(29)25(34-27)26(32)30-21-10-6-5-9-20(21)28/h2-15H,29H2,1H3,(H,30,32). The number of hydrogen-bond donors (Lipinski definition) is 2. The van der Waals surface area contributed by atoms with E-state index in [2.05, 4.69) is 5.32 Å². The molecule has 0 spiro atoms. The van der Waals surface area contributed by atoms with Gasteiger partial charge in [0.25, 0.3) is 5.91 Å². The van der Waals surface area contributed by atoms with Gasteiger partial charge in [-0.05, 0) is 41.5 Å².